The molecular formula is C9H13ClO2. The molecule has 1 unspecified atom stereocenters. The van der Waals surface area contributed by atoms with Crippen molar-refractivity contribution in [3.8, 4) is 0 Å². The summed E-state index contributed by atoms with van der Waals surface area (Å²) in [6.45, 7) is 1.88. The van der Waals surface area contributed by atoms with Crippen LogP contribution < -0.4 is 0 Å². The lowest BCUT2D eigenvalue weighted by Gasteiger charge is -2.28. The molecule has 0 N–H and O–H groups in total. The summed E-state index contributed by atoms with van der Waals surface area (Å²) in [7, 11) is 0. The van der Waals surface area contributed by atoms with Gasteiger partial charge in [0.25, 0.3) is 0 Å². The summed E-state index contributed by atoms with van der Waals surface area (Å²) < 4.78 is 5.78. The van der Waals surface area contributed by atoms with Crippen molar-refractivity contribution in [2.45, 2.75) is 44.3 Å². The third-order valence-corrected chi connectivity index (χ3v) is 3.64. The standard InChI is InChI=1S/C9H13ClO2/c1-6(8(10)11)9-4-2-7(12-9)3-5-9/h6-7H,2-5H2,1H3. The highest BCUT2D eigenvalue weighted by molar-refractivity contribution is 6.64. The van der Waals surface area contributed by atoms with Crippen molar-refractivity contribution in [1.29, 1.82) is 0 Å². The average molecular weight is 189 g/mol. The Labute approximate surface area is 77.2 Å². The van der Waals surface area contributed by atoms with E-state index in [0.29, 0.717) is 6.10 Å². The normalized spacial score (nSPS) is 41.7. The molecule has 2 saturated heterocycles. The van der Waals surface area contributed by atoms with Crippen molar-refractivity contribution < 1.29 is 9.53 Å². The molecular weight excluding hydrogens is 176 g/mol. The second-order valence-electron chi connectivity index (χ2n) is 3.91. The van der Waals surface area contributed by atoms with Gasteiger partial charge >= 0.3 is 0 Å². The average Bonchev–Trinajstić information content (AvgIpc) is 2.62. The molecule has 2 aliphatic heterocycles. The van der Waals surface area contributed by atoms with E-state index in [-0.39, 0.29) is 16.8 Å². The van der Waals surface area contributed by atoms with E-state index in [2.05, 4.69) is 0 Å². The Kier molecular flexibility index (Phi) is 1.92. The fourth-order valence-corrected chi connectivity index (χ4v) is 2.59. The van der Waals surface area contributed by atoms with Gasteiger partial charge in [0, 0.05) is 0 Å². The number of hydrogen-bond donors (Lipinski definition) is 0. The summed E-state index contributed by atoms with van der Waals surface area (Å²) in [5.74, 6) is -0.133. The molecule has 3 heteroatoms. The predicted molar refractivity (Wildman–Crippen MR) is 46.1 cm³/mol. The first-order chi connectivity index (χ1) is 5.64. The fraction of sp³-hybridized carbons (Fsp3) is 0.889. The molecule has 68 valence electrons. The van der Waals surface area contributed by atoms with Gasteiger partial charge in [-0.15, -0.1) is 0 Å². The number of ether oxygens (including phenoxy) is 1. The molecule has 12 heavy (non-hydrogen) atoms. The summed E-state index contributed by atoms with van der Waals surface area (Å²) in [6.07, 6.45) is 4.64. The van der Waals surface area contributed by atoms with Crippen molar-refractivity contribution in [2.24, 2.45) is 5.92 Å². The fourth-order valence-electron chi connectivity index (χ4n) is 2.39. The highest BCUT2D eigenvalue weighted by Gasteiger charge is 2.51. The minimum absolute atomic E-state index is 0.133. The van der Waals surface area contributed by atoms with Gasteiger partial charge in [-0.2, -0.15) is 0 Å². The summed E-state index contributed by atoms with van der Waals surface area (Å²) in [6, 6.07) is 0. The molecule has 2 aliphatic rings. The summed E-state index contributed by atoms with van der Waals surface area (Å²) in [5, 5.41) is -0.252. The Balaban J connectivity index is 2.15. The number of carbonyl (C=O) groups is 1. The van der Waals surface area contributed by atoms with Crippen LogP contribution in [0.15, 0.2) is 0 Å². The number of hydrogen-bond acceptors (Lipinski definition) is 2. The predicted octanol–water partition coefficient (Wildman–Crippen LogP) is 2.10. The molecule has 0 spiro atoms. The lowest BCUT2D eigenvalue weighted by molar-refractivity contribution is -0.123. The number of carbonyl (C=O) groups excluding carboxylic acids is 1. The number of rotatable bonds is 2. The van der Waals surface area contributed by atoms with Gasteiger partial charge in [0.1, 0.15) is 0 Å². The van der Waals surface area contributed by atoms with Crippen LogP contribution in [0.3, 0.4) is 0 Å². The van der Waals surface area contributed by atoms with Crippen molar-refractivity contribution in [3.05, 3.63) is 0 Å². The third kappa shape index (κ3) is 1.09. The Morgan fingerprint density at radius 3 is 2.50 bits per heavy atom. The van der Waals surface area contributed by atoms with Crippen LogP contribution in [0.25, 0.3) is 0 Å². The Hall–Kier alpha value is -0.0800. The van der Waals surface area contributed by atoms with Crippen LogP contribution in [0, 0.1) is 5.92 Å². The van der Waals surface area contributed by atoms with Crippen molar-refractivity contribution in [3.63, 3.8) is 0 Å². The van der Waals surface area contributed by atoms with Gasteiger partial charge in [0.2, 0.25) is 5.24 Å². The molecule has 2 fully saturated rings. The van der Waals surface area contributed by atoms with Crippen LogP contribution in [0.1, 0.15) is 32.6 Å². The van der Waals surface area contributed by atoms with E-state index in [9.17, 15) is 4.79 Å². The van der Waals surface area contributed by atoms with E-state index in [4.69, 9.17) is 16.3 Å². The third-order valence-electron chi connectivity index (χ3n) is 3.31. The van der Waals surface area contributed by atoms with Crippen molar-refractivity contribution in [2.75, 3.05) is 0 Å². The monoisotopic (exact) mass is 188 g/mol. The quantitative estimate of drug-likeness (QED) is 0.621. The van der Waals surface area contributed by atoms with Gasteiger partial charge in [0.15, 0.2) is 0 Å². The van der Waals surface area contributed by atoms with E-state index in [0.717, 1.165) is 25.7 Å². The van der Waals surface area contributed by atoms with Crippen molar-refractivity contribution >= 4 is 16.8 Å². The van der Waals surface area contributed by atoms with Crippen LogP contribution in [0.2, 0.25) is 0 Å². The number of fused-ring (bicyclic) bond motifs is 2. The van der Waals surface area contributed by atoms with E-state index in [1.807, 2.05) is 6.92 Å². The van der Waals surface area contributed by atoms with Gasteiger partial charge < -0.3 is 4.74 Å². The minimum atomic E-state index is -0.252. The molecule has 0 radical (unpaired) electrons. The summed E-state index contributed by atoms with van der Waals surface area (Å²) in [4.78, 5) is 11.0. The zero-order valence-electron chi connectivity index (χ0n) is 7.18. The molecule has 2 heterocycles. The molecule has 2 bridgehead atoms. The van der Waals surface area contributed by atoms with Gasteiger partial charge in [-0.3, -0.25) is 4.79 Å². The van der Waals surface area contributed by atoms with Gasteiger partial charge in [-0.25, -0.2) is 0 Å². The topological polar surface area (TPSA) is 26.3 Å². The first kappa shape index (κ1) is 8.52. The van der Waals surface area contributed by atoms with E-state index in [1.165, 1.54) is 0 Å². The van der Waals surface area contributed by atoms with Crippen LogP contribution >= 0.6 is 11.6 Å². The number of halogens is 1. The van der Waals surface area contributed by atoms with Crippen LogP contribution in [0.4, 0.5) is 0 Å². The van der Waals surface area contributed by atoms with Gasteiger partial charge in [-0.1, -0.05) is 6.92 Å². The molecule has 0 amide bonds. The largest absolute Gasteiger partial charge is 0.371 e. The SMILES string of the molecule is CC(C(=O)Cl)C12CCC(CC1)O2. The second kappa shape index (κ2) is 2.71. The zero-order valence-corrected chi connectivity index (χ0v) is 7.93. The molecule has 0 aliphatic carbocycles. The Morgan fingerprint density at radius 2 is 2.17 bits per heavy atom. The smallest absolute Gasteiger partial charge is 0.227 e. The van der Waals surface area contributed by atoms with Gasteiger partial charge in [0.05, 0.1) is 17.6 Å². The van der Waals surface area contributed by atoms with Crippen LogP contribution in [0.5, 0.6) is 0 Å². The van der Waals surface area contributed by atoms with Crippen molar-refractivity contribution in [1.82, 2.24) is 0 Å². The molecule has 2 nitrogen and oxygen atoms in total. The van der Waals surface area contributed by atoms with E-state index >= 15 is 0 Å². The molecule has 0 aromatic heterocycles. The summed E-state index contributed by atoms with van der Waals surface area (Å²) in [5.41, 5.74) is -0.191. The Morgan fingerprint density at radius 1 is 1.58 bits per heavy atom. The maximum atomic E-state index is 11.0. The maximum Gasteiger partial charge on any atom is 0.227 e. The second-order valence-corrected chi connectivity index (χ2v) is 4.28. The van der Waals surface area contributed by atoms with E-state index < -0.39 is 0 Å². The zero-order chi connectivity index (χ0) is 8.77. The first-order valence-corrected chi connectivity index (χ1v) is 4.89. The maximum absolute atomic E-state index is 11.0. The molecule has 0 aromatic carbocycles. The highest BCUT2D eigenvalue weighted by atomic mass is 35.5. The van der Waals surface area contributed by atoms with E-state index in [1.54, 1.807) is 0 Å². The summed E-state index contributed by atoms with van der Waals surface area (Å²) >= 11 is 5.48. The molecule has 1 atom stereocenters. The van der Waals surface area contributed by atoms with Gasteiger partial charge in [-0.05, 0) is 37.3 Å². The molecule has 0 saturated carbocycles. The van der Waals surface area contributed by atoms with Crippen LogP contribution in [-0.2, 0) is 9.53 Å². The highest BCUT2D eigenvalue weighted by Crippen LogP contribution is 2.48. The first-order valence-electron chi connectivity index (χ1n) is 4.51. The Bertz CT molecular complexity index is 207. The molecule has 0 aromatic rings. The lowest BCUT2D eigenvalue weighted by Crippen LogP contribution is -2.36. The molecule has 2 rings (SSSR count). The lowest BCUT2D eigenvalue weighted by atomic mass is 9.80. The van der Waals surface area contributed by atoms with Crippen LogP contribution in [-0.4, -0.2) is 16.9 Å². The minimum Gasteiger partial charge on any atom is -0.371 e.